The van der Waals surface area contributed by atoms with Crippen molar-refractivity contribution < 1.29 is 4.74 Å². The summed E-state index contributed by atoms with van der Waals surface area (Å²) in [6.07, 6.45) is 12.1. The average molecular weight is 1320 g/mol. The fourth-order valence-electron chi connectivity index (χ4n) is 15.1. The zero-order valence-corrected chi connectivity index (χ0v) is 63.8. The second-order valence-corrected chi connectivity index (χ2v) is 33.7. The molecular formula is C98H111NO. The van der Waals surface area contributed by atoms with Gasteiger partial charge in [-0.1, -0.05) is 295 Å². The Balaban J connectivity index is 1.10. The zero-order valence-electron chi connectivity index (χ0n) is 63.8. The summed E-state index contributed by atoms with van der Waals surface area (Å²) in [5, 5.41) is 2.85. The second kappa shape index (κ2) is 29.1. The molecular weight excluding hydrogens is 1210 g/mol. The summed E-state index contributed by atoms with van der Waals surface area (Å²) >= 11 is 0. The molecule has 100 heavy (non-hydrogen) atoms. The molecule has 1 aliphatic heterocycles. The Bertz CT molecular complexity index is 4370. The van der Waals surface area contributed by atoms with Gasteiger partial charge in [-0.15, -0.1) is 0 Å². The third-order valence-electron chi connectivity index (χ3n) is 21.6. The minimum atomic E-state index is 0.0260. The zero-order chi connectivity index (χ0) is 71.0. The van der Waals surface area contributed by atoms with Crippen molar-refractivity contribution in [2.45, 2.75) is 210 Å². The maximum Gasteiger partial charge on any atom is 0.152 e. The lowest BCUT2D eigenvalue weighted by Gasteiger charge is -2.34. The van der Waals surface area contributed by atoms with Crippen molar-refractivity contribution >= 4 is 27.8 Å². The normalized spacial score (nSPS) is 13.3. The van der Waals surface area contributed by atoms with E-state index in [9.17, 15) is 0 Å². The van der Waals surface area contributed by atoms with Crippen LogP contribution in [0.4, 0.5) is 17.1 Å². The molecule has 0 aliphatic carbocycles. The molecule has 0 aromatic heterocycles. The van der Waals surface area contributed by atoms with E-state index in [4.69, 9.17) is 4.74 Å². The van der Waals surface area contributed by atoms with Crippen LogP contribution in [0.2, 0.25) is 0 Å². The first-order chi connectivity index (χ1) is 47.6. The molecule has 0 saturated carbocycles. The van der Waals surface area contributed by atoms with Crippen molar-refractivity contribution in [3.63, 3.8) is 0 Å². The molecule has 0 saturated heterocycles. The summed E-state index contributed by atoms with van der Waals surface area (Å²) in [6, 6.07) is 82.9. The van der Waals surface area contributed by atoms with Gasteiger partial charge in [0.2, 0.25) is 0 Å². The fourth-order valence-corrected chi connectivity index (χ4v) is 15.1. The molecule has 2 heteroatoms. The minimum Gasteiger partial charge on any atom is -0.453 e. The van der Waals surface area contributed by atoms with Gasteiger partial charge in [0.25, 0.3) is 0 Å². The van der Waals surface area contributed by atoms with Gasteiger partial charge in [-0.25, -0.2) is 0 Å². The molecule has 0 bridgehead atoms. The number of nitrogens with zero attached hydrogens (tertiary/aromatic N) is 1. The van der Waals surface area contributed by atoms with Gasteiger partial charge in [0.1, 0.15) is 0 Å². The Hall–Kier alpha value is -8.72. The van der Waals surface area contributed by atoms with Gasteiger partial charge < -0.3 is 9.64 Å². The Morgan fingerprint density at radius 2 is 0.620 bits per heavy atom. The number of hydrogen-bond donors (Lipinski definition) is 0. The highest BCUT2D eigenvalue weighted by Gasteiger charge is 2.29. The number of rotatable bonds is 20. The van der Waals surface area contributed by atoms with Crippen LogP contribution in [0, 0.1) is 25.7 Å². The van der Waals surface area contributed by atoms with Crippen molar-refractivity contribution in [3.8, 4) is 89.4 Å². The maximum absolute atomic E-state index is 7.32. The van der Waals surface area contributed by atoms with E-state index >= 15 is 0 Å². The monoisotopic (exact) mass is 1320 g/mol. The molecule has 0 spiro atoms. The van der Waals surface area contributed by atoms with Crippen LogP contribution in [0.25, 0.3) is 88.7 Å². The van der Waals surface area contributed by atoms with Crippen LogP contribution in [0.5, 0.6) is 11.5 Å². The third-order valence-corrected chi connectivity index (χ3v) is 21.6. The number of benzene rings is 11. The van der Waals surface area contributed by atoms with Crippen LogP contribution in [-0.2, 0) is 34.5 Å². The lowest BCUT2D eigenvalue weighted by molar-refractivity contribution is 0.449. The van der Waals surface area contributed by atoms with Crippen molar-refractivity contribution in [2.24, 2.45) is 11.8 Å². The molecule has 0 fully saturated rings. The van der Waals surface area contributed by atoms with Gasteiger partial charge in [-0.2, -0.15) is 0 Å². The largest absolute Gasteiger partial charge is 0.453 e. The van der Waals surface area contributed by atoms with E-state index in [1.54, 1.807) is 0 Å². The van der Waals surface area contributed by atoms with Crippen molar-refractivity contribution in [3.05, 3.63) is 257 Å². The molecule has 2 unspecified atom stereocenters. The summed E-state index contributed by atoms with van der Waals surface area (Å²) < 4.78 is 7.32. The van der Waals surface area contributed by atoms with E-state index in [0.717, 1.165) is 69.2 Å². The van der Waals surface area contributed by atoms with E-state index in [1.165, 1.54) is 157 Å². The molecule has 11 aromatic carbocycles. The first-order valence-electron chi connectivity index (χ1n) is 37.8. The first kappa shape index (κ1) is 71.1. The smallest absolute Gasteiger partial charge is 0.152 e. The molecule has 1 aliphatic rings. The Kier molecular flexibility index (Phi) is 20.7. The third kappa shape index (κ3) is 15.9. The molecule has 11 aromatic rings. The van der Waals surface area contributed by atoms with Crippen LogP contribution in [0.1, 0.15) is 207 Å². The molecule has 1 heterocycles. The van der Waals surface area contributed by atoms with Crippen LogP contribution in [-0.4, -0.2) is 0 Å². The summed E-state index contributed by atoms with van der Waals surface area (Å²) in [5.41, 5.74) is 30.4. The fraction of sp³-hybridized carbons (Fsp3) is 0.347. The standard InChI is InChI=1S/C98H111NO/c1-19-23-25-66(21-3)50-82-47-65(6)48-89-83(51-67(22-4)26-24-20-2)59-81(62-90(82)89)72-36-46-92-94(63-72)100-93-49-64(5)27-45-91(93)99(92)88-60-79(77-54-73(68-28-37-84(38-29-68)95(7,8)9)52-74(55-77)69-30-39-85(40-31-69)96(10,11)12)58-80(61-88)78-56-75(70-32-41-86(42-33-70)97(13,14)15)53-76(57-78)71-34-43-87(44-35-71)98(16,17)18/h27-49,52-63,66-67H,19-26,50-51H2,1-18H3. The highest BCUT2D eigenvalue weighted by Crippen LogP contribution is 2.54. The number of unbranched alkanes of at least 4 members (excludes halogenated alkanes) is 2. The number of ether oxygens (including phenoxy) is 1. The molecule has 0 amide bonds. The number of hydrogen-bond acceptors (Lipinski definition) is 2. The Labute approximate surface area is 602 Å². The van der Waals surface area contributed by atoms with Gasteiger partial charge in [0.05, 0.1) is 11.4 Å². The summed E-state index contributed by atoms with van der Waals surface area (Å²) in [7, 11) is 0. The van der Waals surface area contributed by atoms with Crippen LogP contribution >= 0.6 is 0 Å². The molecule has 0 N–H and O–H groups in total. The quantitative estimate of drug-likeness (QED) is 0.0754. The summed E-state index contributed by atoms with van der Waals surface area (Å²) in [4.78, 5) is 2.49. The van der Waals surface area contributed by atoms with Crippen LogP contribution < -0.4 is 9.64 Å². The minimum absolute atomic E-state index is 0.0260. The van der Waals surface area contributed by atoms with E-state index in [-0.39, 0.29) is 21.7 Å². The number of fused-ring (bicyclic) bond motifs is 3. The lowest BCUT2D eigenvalue weighted by atomic mass is 9.84. The Morgan fingerprint density at radius 1 is 0.300 bits per heavy atom. The van der Waals surface area contributed by atoms with Crippen LogP contribution in [0.3, 0.4) is 0 Å². The summed E-state index contributed by atoms with van der Waals surface area (Å²) in [6.45, 7) is 41.5. The maximum atomic E-state index is 7.32. The van der Waals surface area contributed by atoms with E-state index < -0.39 is 0 Å². The first-order valence-corrected chi connectivity index (χ1v) is 37.8. The lowest BCUT2D eigenvalue weighted by Crippen LogP contribution is -2.16. The molecule has 12 rings (SSSR count). The number of anilines is 3. The Morgan fingerprint density at radius 3 is 0.990 bits per heavy atom. The topological polar surface area (TPSA) is 12.5 Å². The average Bonchev–Trinajstić information content (AvgIpc) is 0.744. The van der Waals surface area contributed by atoms with Crippen LogP contribution in [0.15, 0.2) is 212 Å². The SMILES string of the molecule is CCCCC(CC)Cc1cc(-c2ccc3c(c2)Oc2cc(C)ccc2N3c2cc(-c3cc(-c4ccc(C(C)(C)C)cc4)cc(-c4ccc(C(C)(C)C)cc4)c3)cc(-c3cc(-c4ccc(C(C)(C)C)cc4)cc(-c4ccc(C(C)(C)C)cc4)c3)c2)cc2c(CC(CC)CCCC)cc(C)cc12. The second-order valence-electron chi connectivity index (χ2n) is 33.7. The molecule has 0 radical (unpaired) electrons. The highest BCUT2D eigenvalue weighted by molar-refractivity contribution is 5.96. The van der Waals surface area contributed by atoms with Gasteiger partial charge in [0.15, 0.2) is 11.5 Å². The van der Waals surface area contributed by atoms with Gasteiger partial charge in [-0.3, -0.25) is 0 Å². The van der Waals surface area contributed by atoms with E-state index in [2.05, 4.69) is 342 Å². The predicted molar refractivity (Wildman–Crippen MR) is 435 cm³/mol. The van der Waals surface area contributed by atoms with Gasteiger partial charge in [0, 0.05) is 5.69 Å². The van der Waals surface area contributed by atoms with Crippen molar-refractivity contribution in [1.29, 1.82) is 0 Å². The molecule has 514 valence electrons. The molecule has 2 atom stereocenters. The van der Waals surface area contributed by atoms with Crippen molar-refractivity contribution in [1.82, 2.24) is 0 Å². The van der Waals surface area contributed by atoms with Crippen molar-refractivity contribution in [2.75, 3.05) is 4.90 Å². The summed E-state index contributed by atoms with van der Waals surface area (Å²) in [5.74, 6) is 2.97. The number of aryl methyl sites for hydroxylation is 2. The van der Waals surface area contributed by atoms with E-state index in [0.29, 0.717) is 11.8 Å². The van der Waals surface area contributed by atoms with E-state index in [1.807, 2.05) is 0 Å². The predicted octanol–water partition coefficient (Wildman–Crippen LogP) is 29.4. The van der Waals surface area contributed by atoms with Gasteiger partial charge >= 0.3 is 0 Å². The highest BCUT2D eigenvalue weighted by atomic mass is 16.5. The molecule has 2 nitrogen and oxygen atoms in total. The van der Waals surface area contributed by atoms with Gasteiger partial charge in [-0.05, 0) is 273 Å².